The Kier molecular flexibility index (Phi) is 9.69. The van der Waals surface area contributed by atoms with Crippen molar-refractivity contribution in [3.8, 4) is 0 Å². The molecule has 0 radical (unpaired) electrons. The zero-order chi connectivity index (χ0) is 24.8. The molecule has 0 aliphatic carbocycles. The summed E-state index contributed by atoms with van der Waals surface area (Å²) in [7, 11) is 0. The first-order valence-electron chi connectivity index (χ1n) is 11.3. The summed E-state index contributed by atoms with van der Waals surface area (Å²) in [6.45, 7) is 5.47. The van der Waals surface area contributed by atoms with Gasteiger partial charge in [-0.1, -0.05) is 51.1 Å². The Bertz CT molecular complexity index is 776. The van der Waals surface area contributed by atoms with E-state index in [4.69, 9.17) is 5.73 Å². The SMILES string of the molecule is CC[C@H](N)C(=O)N[C@H](C(=O)N1CCC[C@H]1CN(Cc1ccccc1)C(O)C(F)(F)F)C(C)C. The number of nitrogens with two attached hydrogens (primary N) is 1. The van der Waals surface area contributed by atoms with Crippen molar-refractivity contribution < 1.29 is 27.9 Å². The van der Waals surface area contributed by atoms with Gasteiger partial charge in [0.1, 0.15) is 6.04 Å². The lowest BCUT2D eigenvalue weighted by Gasteiger charge is -2.36. The highest BCUT2D eigenvalue weighted by Crippen LogP contribution is 2.28. The van der Waals surface area contributed by atoms with Crippen LogP contribution in [0.1, 0.15) is 45.6 Å². The van der Waals surface area contributed by atoms with Crippen molar-refractivity contribution in [2.24, 2.45) is 11.7 Å². The van der Waals surface area contributed by atoms with Crippen LogP contribution in [0, 0.1) is 5.92 Å². The predicted octanol–water partition coefficient (Wildman–Crippen LogP) is 2.24. The number of aliphatic hydroxyl groups is 1. The van der Waals surface area contributed by atoms with Gasteiger partial charge in [0.2, 0.25) is 18.0 Å². The first kappa shape index (κ1) is 27.1. The lowest BCUT2D eigenvalue weighted by atomic mass is 10.0. The van der Waals surface area contributed by atoms with Crippen molar-refractivity contribution in [1.82, 2.24) is 15.1 Å². The zero-order valence-corrected chi connectivity index (χ0v) is 19.4. The number of likely N-dealkylation sites (tertiary alicyclic amines) is 1. The second-order valence-corrected chi connectivity index (χ2v) is 8.90. The smallest absolute Gasteiger partial charge is 0.370 e. The molecule has 1 aliphatic heterocycles. The van der Waals surface area contributed by atoms with Gasteiger partial charge < -0.3 is 21.1 Å². The maximum atomic E-state index is 13.4. The predicted molar refractivity (Wildman–Crippen MR) is 119 cm³/mol. The van der Waals surface area contributed by atoms with Gasteiger partial charge in [0.05, 0.1) is 6.04 Å². The number of nitrogens with one attached hydrogen (secondary N) is 1. The molecule has 0 saturated carbocycles. The Balaban J connectivity index is 2.20. The van der Waals surface area contributed by atoms with Gasteiger partial charge in [-0.3, -0.25) is 14.5 Å². The van der Waals surface area contributed by atoms with Crippen LogP contribution in [0.3, 0.4) is 0 Å². The lowest BCUT2D eigenvalue weighted by molar-refractivity contribution is -0.253. The third-order valence-electron chi connectivity index (χ3n) is 5.98. The zero-order valence-electron chi connectivity index (χ0n) is 19.4. The summed E-state index contributed by atoms with van der Waals surface area (Å²) < 4.78 is 40.2. The summed E-state index contributed by atoms with van der Waals surface area (Å²) in [4.78, 5) is 28.1. The van der Waals surface area contributed by atoms with E-state index in [9.17, 15) is 27.9 Å². The minimum Gasteiger partial charge on any atom is -0.370 e. The number of rotatable bonds is 10. The number of benzene rings is 1. The minimum atomic E-state index is -4.83. The maximum absolute atomic E-state index is 13.4. The molecule has 10 heteroatoms. The highest BCUT2D eigenvalue weighted by atomic mass is 19.4. The maximum Gasteiger partial charge on any atom is 0.428 e. The fourth-order valence-electron chi connectivity index (χ4n) is 4.00. The van der Waals surface area contributed by atoms with E-state index >= 15 is 0 Å². The van der Waals surface area contributed by atoms with E-state index in [2.05, 4.69) is 5.32 Å². The molecule has 7 nitrogen and oxygen atoms in total. The number of carbonyl (C=O) groups excluding carboxylic acids is 2. The molecule has 1 fully saturated rings. The molecule has 1 unspecified atom stereocenters. The number of amides is 2. The molecule has 1 aromatic carbocycles. The Labute approximate surface area is 193 Å². The topological polar surface area (TPSA) is 98.9 Å². The second kappa shape index (κ2) is 11.8. The molecule has 2 rings (SSSR count). The molecule has 4 N–H and O–H groups in total. The monoisotopic (exact) mass is 472 g/mol. The van der Waals surface area contributed by atoms with E-state index < -0.39 is 36.4 Å². The Morgan fingerprint density at radius 3 is 2.45 bits per heavy atom. The van der Waals surface area contributed by atoms with Crippen LogP contribution in [0.25, 0.3) is 0 Å². The van der Waals surface area contributed by atoms with Gasteiger partial charge in [0.25, 0.3) is 0 Å². The van der Waals surface area contributed by atoms with E-state index in [0.717, 1.165) is 4.90 Å². The van der Waals surface area contributed by atoms with E-state index in [1.807, 2.05) is 0 Å². The molecule has 0 bridgehead atoms. The molecule has 0 aromatic heterocycles. The van der Waals surface area contributed by atoms with Crippen molar-refractivity contribution in [2.75, 3.05) is 13.1 Å². The van der Waals surface area contributed by atoms with E-state index in [1.165, 1.54) is 4.90 Å². The fraction of sp³-hybridized carbons (Fsp3) is 0.652. The van der Waals surface area contributed by atoms with Crippen molar-refractivity contribution in [3.05, 3.63) is 35.9 Å². The second-order valence-electron chi connectivity index (χ2n) is 8.90. The number of alkyl halides is 3. The Morgan fingerprint density at radius 1 is 1.27 bits per heavy atom. The summed E-state index contributed by atoms with van der Waals surface area (Å²) in [5, 5.41) is 12.7. The molecule has 1 heterocycles. The Hall–Kier alpha value is -2.17. The Morgan fingerprint density at radius 2 is 1.91 bits per heavy atom. The van der Waals surface area contributed by atoms with Crippen LogP contribution in [0.5, 0.6) is 0 Å². The lowest BCUT2D eigenvalue weighted by Crippen LogP contribution is -2.57. The molecule has 186 valence electrons. The number of nitrogens with zero attached hydrogens (tertiary/aromatic N) is 2. The summed E-state index contributed by atoms with van der Waals surface area (Å²) in [5.41, 5.74) is 6.40. The number of hydrogen-bond donors (Lipinski definition) is 3. The average Bonchev–Trinajstić information content (AvgIpc) is 3.23. The van der Waals surface area contributed by atoms with Crippen LogP contribution in [0.2, 0.25) is 0 Å². The standard InChI is InChI=1S/C23H35F3N4O3/c1-4-18(27)20(31)28-19(15(2)3)21(32)30-12-8-11-17(30)14-29(22(33)23(24,25)26)13-16-9-6-5-7-10-16/h5-7,9-10,15,17-19,22,33H,4,8,11-14,27H2,1-3H3,(H,28,31)/t17-,18-,19-,22?/m0/s1. The third kappa shape index (κ3) is 7.41. The van der Waals surface area contributed by atoms with Crippen LogP contribution in [-0.2, 0) is 16.1 Å². The van der Waals surface area contributed by atoms with Gasteiger partial charge in [-0.05, 0) is 30.7 Å². The summed E-state index contributed by atoms with van der Waals surface area (Å²) in [5.74, 6) is -1.00. The minimum absolute atomic E-state index is 0.115. The van der Waals surface area contributed by atoms with E-state index in [1.54, 1.807) is 51.1 Å². The summed E-state index contributed by atoms with van der Waals surface area (Å²) in [6, 6.07) is 6.49. The highest BCUT2D eigenvalue weighted by molar-refractivity contribution is 5.90. The summed E-state index contributed by atoms with van der Waals surface area (Å²) >= 11 is 0. The molecule has 2 amide bonds. The number of carbonyl (C=O) groups is 2. The molecular weight excluding hydrogens is 437 g/mol. The van der Waals surface area contributed by atoms with Crippen LogP contribution < -0.4 is 11.1 Å². The van der Waals surface area contributed by atoms with Crippen LogP contribution in [0.15, 0.2) is 30.3 Å². The van der Waals surface area contributed by atoms with Crippen molar-refractivity contribution in [2.45, 2.75) is 77.1 Å². The van der Waals surface area contributed by atoms with Crippen LogP contribution in [-0.4, -0.2) is 70.3 Å². The molecule has 33 heavy (non-hydrogen) atoms. The van der Waals surface area contributed by atoms with Gasteiger partial charge in [0, 0.05) is 25.7 Å². The molecule has 4 atom stereocenters. The molecule has 0 spiro atoms. The van der Waals surface area contributed by atoms with E-state index in [0.29, 0.717) is 31.4 Å². The van der Waals surface area contributed by atoms with E-state index in [-0.39, 0.29) is 24.9 Å². The van der Waals surface area contributed by atoms with Gasteiger partial charge in [-0.2, -0.15) is 13.2 Å². The van der Waals surface area contributed by atoms with Crippen molar-refractivity contribution >= 4 is 11.8 Å². The van der Waals surface area contributed by atoms with Gasteiger partial charge in [-0.15, -0.1) is 0 Å². The fourth-order valence-corrected chi connectivity index (χ4v) is 4.00. The van der Waals surface area contributed by atoms with Crippen molar-refractivity contribution in [1.29, 1.82) is 0 Å². The molecule has 1 aromatic rings. The first-order chi connectivity index (χ1) is 15.5. The van der Waals surface area contributed by atoms with Crippen molar-refractivity contribution in [3.63, 3.8) is 0 Å². The molecule has 1 saturated heterocycles. The van der Waals surface area contributed by atoms with Gasteiger partial charge in [0.15, 0.2) is 0 Å². The number of halogens is 3. The number of hydrogen-bond acceptors (Lipinski definition) is 5. The summed E-state index contributed by atoms with van der Waals surface area (Å²) in [6.07, 6.45) is -5.92. The normalized spacial score (nSPS) is 19.6. The quantitative estimate of drug-likeness (QED) is 0.454. The third-order valence-corrected chi connectivity index (χ3v) is 5.98. The van der Waals surface area contributed by atoms with Gasteiger partial charge in [-0.25, -0.2) is 0 Å². The number of aliphatic hydroxyl groups excluding tert-OH is 1. The highest BCUT2D eigenvalue weighted by Gasteiger charge is 2.44. The van der Waals surface area contributed by atoms with Gasteiger partial charge >= 0.3 is 6.18 Å². The molecular formula is C23H35F3N4O3. The van der Waals surface area contributed by atoms with Crippen LogP contribution in [0.4, 0.5) is 13.2 Å². The first-order valence-corrected chi connectivity index (χ1v) is 11.3. The van der Waals surface area contributed by atoms with Crippen LogP contribution >= 0.6 is 0 Å². The molecule has 1 aliphatic rings. The largest absolute Gasteiger partial charge is 0.428 e. The average molecular weight is 473 g/mol.